The molecule has 1 aromatic rings. The number of ether oxygens (including phenoxy) is 1. The molecule has 0 spiro atoms. The van der Waals surface area contributed by atoms with Crippen LogP contribution in [0.5, 0.6) is 5.75 Å². The van der Waals surface area contributed by atoms with Gasteiger partial charge in [-0.2, -0.15) is 5.26 Å². The van der Waals surface area contributed by atoms with Gasteiger partial charge < -0.3 is 15.0 Å². The fourth-order valence-electron chi connectivity index (χ4n) is 1.51. The standard InChI is InChI=1S/C12H17N3O/c1-14-10(8-13)9-15(2)11-6-4-5-7-12(11)16-3/h4-7,10,14H,9H2,1-3H3. The van der Waals surface area contributed by atoms with Crippen LogP contribution in [0, 0.1) is 11.3 Å². The highest BCUT2D eigenvalue weighted by Crippen LogP contribution is 2.26. The summed E-state index contributed by atoms with van der Waals surface area (Å²) in [6.45, 7) is 0.618. The fourth-order valence-corrected chi connectivity index (χ4v) is 1.51. The van der Waals surface area contributed by atoms with Crippen LogP contribution in [0.3, 0.4) is 0 Å². The molecular formula is C12H17N3O. The topological polar surface area (TPSA) is 48.3 Å². The zero-order valence-electron chi connectivity index (χ0n) is 9.90. The summed E-state index contributed by atoms with van der Waals surface area (Å²) in [4.78, 5) is 2.00. The molecule has 1 N–H and O–H groups in total. The molecule has 0 aromatic heterocycles. The number of benzene rings is 1. The molecule has 0 aliphatic heterocycles. The molecule has 1 atom stereocenters. The Morgan fingerprint density at radius 1 is 1.50 bits per heavy atom. The minimum atomic E-state index is -0.185. The van der Waals surface area contributed by atoms with Gasteiger partial charge in [0.1, 0.15) is 11.8 Å². The maximum absolute atomic E-state index is 8.88. The number of methoxy groups -OCH3 is 1. The molecule has 0 fully saturated rings. The van der Waals surface area contributed by atoms with E-state index in [4.69, 9.17) is 10.00 Å². The zero-order chi connectivity index (χ0) is 12.0. The number of anilines is 1. The minimum Gasteiger partial charge on any atom is -0.495 e. The highest BCUT2D eigenvalue weighted by atomic mass is 16.5. The maximum Gasteiger partial charge on any atom is 0.142 e. The van der Waals surface area contributed by atoms with Gasteiger partial charge in [-0.3, -0.25) is 0 Å². The molecule has 0 saturated heterocycles. The van der Waals surface area contributed by atoms with E-state index in [9.17, 15) is 0 Å². The van der Waals surface area contributed by atoms with Gasteiger partial charge >= 0.3 is 0 Å². The van der Waals surface area contributed by atoms with Crippen LogP contribution in [0.4, 0.5) is 5.69 Å². The number of nitrogens with zero attached hydrogens (tertiary/aromatic N) is 2. The highest BCUT2D eigenvalue weighted by Gasteiger charge is 2.11. The van der Waals surface area contributed by atoms with Crippen molar-refractivity contribution in [2.45, 2.75) is 6.04 Å². The molecule has 0 bridgehead atoms. The van der Waals surface area contributed by atoms with Crippen molar-refractivity contribution in [1.29, 1.82) is 5.26 Å². The van der Waals surface area contributed by atoms with Crippen LogP contribution >= 0.6 is 0 Å². The Morgan fingerprint density at radius 3 is 2.75 bits per heavy atom. The molecule has 4 nitrogen and oxygen atoms in total. The third-order valence-corrected chi connectivity index (χ3v) is 2.46. The summed E-state index contributed by atoms with van der Waals surface area (Å²) >= 11 is 0. The normalized spacial score (nSPS) is 11.6. The Bertz CT molecular complexity index is 373. The lowest BCUT2D eigenvalue weighted by Gasteiger charge is -2.23. The van der Waals surface area contributed by atoms with Gasteiger partial charge in [-0.1, -0.05) is 12.1 Å². The van der Waals surface area contributed by atoms with Crippen LogP contribution in [0.1, 0.15) is 0 Å². The first-order valence-corrected chi connectivity index (χ1v) is 5.14. The Balaban J connectivity index is 2.80. The third kappa shape index (κ3) is 2.88. The number of nitriles is 1. The van der Waals surface area contributed by atoms with Crippen molar-refractivity contribution in [3.05, 3.63) is 24.3 Å². The first-order chi connectivity index (χ1) is 7.72. The maximum atomic E-state index is 8.88. The van der Waals surface area contributed by atoms with E-state index in [1.54, 1.807) is 14.2 Å². The van der Waals surface area contributed by atoms with E-state index in [1.807, 2.05) is 36.2 Å². The highest BCUT2D eigenvalue weighted by molar-refractivity contribution is 5.58. The summed E-state index contributed by atoms with van der Waals surface area (Å²) in [5.74, 6) is 0.817. The molecule has 4 heteroatoms. The van der Waals surface area contributed by atoms with Crippen LogP contribution in [0.2, 0.25) is 0 Å². The molecule has 0 aliphatic rings. The van der Waals surface area contributed by atoms with Crippen molar-refractivity contribution in [3.63, 3.8) is 0 Å². The Kier molecular flexibility index (Phi) is 4.62. The SMILES string of the molecule is CNC(C#N)CN(C)c1ccccc1OC. The lowest BCUT2D eigenvalue weighted by Crippen LogP contribution is -2.36. The molecule has 0 saturated carbocycles. The van der Waals surface area contributed by atoms with E-state index in [2.05, 4.69) is 11.4 Å². The Hall–Kier alpha value is -1.73. The average Bonchev–Trinajstić information content (AvgIpc) is 2.35. The Labute approximate surface area is 96.4 Å². The molecule has 0 aliphatic carbocycles. The van der Waals surface area contributed by atoms with Crippen molar-refractivity contribution >= 4 is 5.69 Å². The summed E-state index contributed by atoms with van der Waals surface area (Å²) in [5, 5.41) is 11.8. The number of likely N-dealkylation sites (N-methyl/N-ethyl adjacent to an activating group) is 2. The third-order valence-electron chi connectivity index (χ3n) is 2.46. The van der Waals surface area contributed by atoms with Gasteiger partial charge in [-0.15, -0.1) is 0 Å². The van der Waals surface area contributed by atoms with Gasteiger partial charge in [0.2, 0.25) is 0 Å². The van der Waals surface area contributed by atoms with E-state index in [0.717, 1.165) is 11.4 Å². The van der Waals surface area contributed by atoms with Gasteiger partial charge in [0.25, 0.3) is 0 Å². The van der Waals surface area contributed by atoms with E-state index in [1.165, 1.54) is 0 Å². The summed E-state index contributed by atoms with van der Waals surface area (Å²) < 4.78 is 5.27. The van der Waals surface area contributed by atoms with Gasteiger partial charge in [0, 0.05) is 13.6 Å². The van der Waals surface area contributed by atoms with Crippen molar-refractivity contribution in [2.24, 2.45) is 0 Å². The van der Waals surface area contributed by atoms with Gasteiger partial charge in [-0.05, 0) is 19.2 Å². The quantitative estimate of drug-likeness (QED) is 0.809. The lowest BCUT2D eigenvalue weighted by molar-refractivity contribution is 0.414. The summed E-state index contributed by atoms with van der Waals surface area (Å²) in [7, 11) is 5.37. The molecular weight excluding hydrogens is 202 g/mol. The van der Waals surface area contributed by atoms with Crippen LogP contribution in [0.25, 0.3) is 0 Å². The van der Waals surface area contributed by atoms with Crippen LogP contribution in [-0.2, 0) is 0 Å². The summed E-state index contributed by atoms with van der Waals surface area (Å²) in [6.07, 6.45) is 0. The second-order valence-electron chi connectivity index (χ2n) is 3.52. The fraction of sp³-hybridized carbons (Fsp3) is 0.417. The van der Waals surface area contributed by atoms with Gasteiger partial charge in [0.15, 0.2) is 0 Å². The van der Waals surface area contributed by atoms with Crippen molar-refractivity contribution in [1.82, 2.24) is 5.32 Å². The first-order valence-electron chi connectivity index (χ1n) is 5.14. The number of hydrogen-bond donors (Lipinski definition) is 1. The summed E-state index contributed by atoms with van der Waals surface area (Å²) in [6, 6.07) is 9.78. The van der Waals surface area contributed by atoms with Gasteiger partial charge in [-0.25, -0.2) is 0 Å². The lowest BCUT2D eigenvalue weighted by atomic mass is 10.2. The molecule has 0 heterocycles. The van der Waals surface area contributed by atoms with E-state index < -0.39 is 0 Å². The summed E-state index contributed by atoms with van der Waals surface area (Å²) in [5.41, 5.74) is 0.987. The molecule has 1 rings (SSSR count). The minimum absolute atomic E-state index is 0.185. The molecule has 0 amide bonds. The largest absolute Gasteiger partial charge is 0.495 e. The smallest absolute Gasteiger partial charge is 0.142 e. The second kappa shape index (κ2) is 5.99. The number of para-hydroxylation sites is 2. The van der Waals surface area contributed by atoms with Crippen molar-refractivity contribution < 1.29 is 4.74 Å². The van der Waals surface area contributed by atoms with E-state index >= 15 is 0 Å². The predicted octanol–water partition coefficient (Wildman–Crippen LogP) is 1.24. The van der Waals surface area contributed by atoms with Crippen molar-refractivity contribution in [2.75, 3.05) is 32.6 Å². The van der Waals surface area contributed by atoms with Crippen LogP contribution in [-0.4, -0.2) is 33.8 Å². The molecule has 0 radical (unpaired) electrons. The van der Waals surface area contributed by atoms with E-state index in [-0.39, 0.29) is 6.04 Å². The monoisotopic (exact) mass is 219 g/mol. The van der Waals surface area contributed by atoms with Crippen LogP contribution in [0.15, 0.2) is 24.3 Å². The molecule has 86 valence electrons. The van der Waals surface area contributed by atoms with E-state index in [0.29, 0.717) is 6.54 Å². The van der Waals surface area contributed by atoms with Crippen LogP contribution < -0.4 is 15.0 Å². The molecule has 1 aromatic carbocycles. The van der Waals surface area contributed by atoms with Gasteiger partial charge in [0.05, 0.1) is 18.9 Å². The molecule has 16 heavy (non-hydrogen) atoms. The number of rotatable bonds is 5. The van der Waals surface area contributed by atoms with Crippen molar-refractivity contribution in [3.8, 4) is 11.8 Å². The zero-order valence-corrected chi connectivity index (χ0v) is 9.90. The first kappa shape index (κ1) is 12.3. The molecule has 1 unspecified atom stereocenters. The number of nitrogens with one attached hydrogen (secondary N) is 1. The number of hydrogen-bond acceptors (Lipinski definition) is 4. The predicted molar refractivity (Wildman–Crippen MR) is 64.7 cm³/mol. The average molecular weight is 219 g/mol. The second-order valence-corrected chi connectivity index (χ2v) is 3.52. The Morgan fingerprint density at radius 2 is 2.19 bits per heavy atom.